The maximum atomic E-state index is 12.8. The number of rotatable bonds is 7. The van der Waals surface area contributed by atoms with Crippen LogP contribution in [-0.4, -0.2) is 43.0 Å². The molecule has 2 amide bonds. The number of nitrogens with one attached hydrogen (secondary N) is 1. The number of likely N-dealkylation sites (N-methyl/N-ethyl adjacent to an activating group) is 2. The quantitative estimate of drug-likeness (QED) is 0.832. The summed E-state index contributed by atoms with van der Waals surface area (Å²) in [5.41, 5.74) is -0.945. The van der Waals surface area contributed by atoms with E-state index in [1.165, 1.54) is 17.0 Å². The Balaban J connectivity index is 2.70. The molecule has 0 bridgehead atoms. The predicted molar refractivity (Wildman–Crippen MR) is 77.9 cm³/mol. The number of para-hydroxylation sites is 1. The highest BCUT2D eigenvalue weighted by molar-refractivity contribution is 5.85. The Kier molecular flexibility index (Phi) is 6.87. The van der Waals surface area contributed by atoms with Crippen LogP contribution in [0.25, 0.3) is 0 Å². The first-order chi connectivity index (χ1) is 10.8. The van der Waals surface area contributed by atoms with E-state index in [1.54, 1.807) is 13.8 Å². The number of ether oxygens (including phenoxy) is 1. The summed E-state index contributed by atoms with van der Waals surface area (Å²) in [6.45, 7) is 3.36. The van der Waals surface area contributed by atoms with Gasteiger partial charge in [-0.3, -0.25) is 9.59 Å². The number of amides is 2. The molecule has 0 saturated carbocycles. The number of carbonyl (C=O) groups excluding carboxylic acids is 2. The highest BCUT2D eigenvalue weighted by atomic mass is 19.4. The fourth-order valence-electron chi connectivity index (χ4n) is 1.86. The lowest BCUT2D eigenvalue weighted by molar-refractivity contribution is -0.141. The van der Waals surface area contributed by atoms with Gasteiger partial charge < -0.3 is 15.0 Å². The minimum Gasteiger partial charge on any atom is -0.483 e. The zero-order valence-electron chi connectivity index (χ0n) is 12.9. The monoisotopic (exact) mass is 332 g/mol. The van der Waals surface area contributed by atoms with Crippen molar-refractivity contribution >= 4 is 11.8 Å². The van der Waals surface area contributed by atoms with Gasteiger partial charge in [0.15, 0.2) is 6.61 Å². The van der Waals surface area contributed by atoms with Crippen LogP contribution in [0.15, 0.2) is 24.3 Å². The number of nitrogens with zero attached hydrogens (tertiary/aromatic N) is 1. The molecule has 0 spiro atoms. The van der Waals surface area contributed by atoms with E-state index >= 15 is 0 Å². The molecule has 0 aliphatic heterocycles. The van der Waals surface area contributed by atoms with Gasteiger partial charge in [-0.15, -0.1) is 0 Å². The summed E-state index contributed by atoms with van der Waals surface area (Å²) in [7, 11) is 0. The van der Waals surface area contributed by atoms with E-state index < -0.39 is 30.0 Å². The number of hydrogen-bond acceptors (Lipinski definition) is 3. The number of carbonyl (C=O) groups is 2. The van der Waals surface area contributed by atoms with Gasteiger partial charge in [-0.25, -0.2) is 0 Å². The first-order valence-corrected chi connectivity index (χ1v) is 7.13. The van der Waals surface area contributed by atoms with Crippen LogP contribution in [0.3, 0.4) is 0 Å². The third-order valence-electron chi connectivity index (χ3n) is 2.99. The van der Waals surface area contributed by atoms with Crippen LogP contribution in [-0.2, 0) is 15.8 Å². The van der Waals surface area contributed by atoms with Crippen LogP contribution in [0.4, 0.5) is 13.2 Å². The summed E-state index contributed by atoms with van der Waals surface area (Å²) in [6, 6.07) is 4.66. The topological polar surface area (TPSA) is 58.6 Å². The van der Waals surface area contributed by atoms with E-state index in [1.807, 2.05) is 0 Å². The van der Waals surface area contributed by atoms with Crippen molar-refractivity contribution in [2.24, 2.45) is 0 Å². The lowest BCUT2D eigenvalue weighted by Crippen LogP contribution is -2.42. The van der Waals surface area contributed by atoms with Crippen LogP contribution < -0.4 is 10.1 Å². The van der Waals surface area contributed by atoms with E-state index in [0.717, 1.165) is 12.1 Å². The van der Waals surface area contributed by atoms with Crippen LogP contribution in [0.2, 0.25) is 0 Å². The Morgan fingerprint density at radius 2 is 1.87 bits per heavy atom. The zero-order chi connectivity index (χ0) is 17.5. The average Bonchev–Trinajstić information content (AvgIpc) is 2.50. The van der Waals surface area contributed by atoms with Crippen molar-refractivity contribution in [3.8, 4) is 5.75 Å². The molecule has 1 N–H and O–H groups in total. The third kappa shape index (κ3) is 5.80. The summed E-state index contributed by atoms with van der Waals surface area (Å²) in [4.78, 5) is 24.7. The second-order valence-corrected chi connectivity index (χ2v) is 4.64. The molecule has 0 saturated heterocycles. The Hall–Kier alpha value is -2.25. The molecule has 1 rings (SSSR count). The molecule has 8 heteroatoms. The molecule has 0 aromatic heterocycles. The van der Waals surface area contributed by atoms with Crippen molar-refractivity contribution in [2.75, 3.05) is 26.2 Å². The van der Waals surface area contributed by atoms with Gasteiger partial charge in [0.25, 0.3) is 5.91 Å². The largest absolute Gasteiger partial charge is 0.483 e. The molecule has 0 radical (unpaired) electrons. The number of alkyl halides is 3. The number of halogens is 3. The molecule has 1 aromatic carbocycles. The van der Waals surface area contributed by atoms with Gasteiger partial charge in [-0.1, -0.05) is 12.1 Å². The van der Waals surface area contributed by atoms with Crippen LogP contribution in [0.1, 0.15) is 19.4 Å². The average molecular weight is 332 g/mol. The van der Waals surface area contributed by atoms with Gasteiger partial charge in [0.1, 0.15) is 5.75 Å². The van der Waals surface area contributed by atoms with Crippen molar-refractivity contribution in [3.05, 3.63) is 29.8 Å². The van der Waals surface area contributed by atoms with Crippen LogP contribution in [0, 0.1) is 0 Å². The van der Waals surface area contributed by atoms with Gasteiger partial charge in [0, 0.05) is 13.1 Å². The Morgan fingerprint density at radius 3 is 2.43 bits per heavy atom. The molecule has 0 fully saturated rings. The molecule has 0 atom stereocenters. The minimum atomic E-state index is -4.56. The molecular formula is C15H19F3N2O3. The highest BCUT2D eigenvalue weighted by Gasteiger charge is 2.34. The lowest BCUT2D eigenvalue weighted by atomic mass is 10.2. The van der Waals surface area contributed by atoms with Gasteiger partial charge in [0.2, 0.25) is 5.91 Å². The molecule has 1 aromatic rings. The van der Waals surface area contributed by atoms with E-state index in [0.29, 0.717) is 6.54 Å². The number of benzene rings is 1. The summed E-state index contributed by atoms with van der Waals surface area (Å²) in [5, 5.41) is 2.55. The molecular weight excluding hydrogens is 313 g/mol. The molecule has 0 heterocycles. The molecule has 0 aliphatic rings. The lowest BCUT2D eigenvalue weighted by Gasteiger charge is -2.21. The second-order valence-electron chi connectivity index (χ2n) is 4.64. The second kappa shape index (κ2) is 8.40. The third-order valence-corrected chi connectivity index (χ3v) is 2.99. The molecule has 23 heavy (non-hydrogen) atoms. The maximum absolute atomic E-state index is 12.8. The van der Waals surface area contributed by atoms with Crippen molar-refractivity contribution in [1.29, 1.82) is 0 Å². The molecule has 0 aliphatic carbocycles. The molecule has 5 nitrogen and oxygen atoms in total. The van der Waals surface area contributed by atoms with Crippen molar-refractivity contribution in [1.82, 2.24) is 10.2 Å². The van der Waals surface area contributed by atoms with E-state index in [9.17, 15) is 22.8 Å². The van der Waals surface area contributed by atoms with Crippen LogP contribution >= 0.6 is 0 Å². The fourth-order valence-corrected chi connectivity index (χ4v) is 1.86. The van der Waals surface area contributed by atoms with Crippen LogP contribution in [0.5, 0.6) is 5.75 Å². The van der Waals surface area contributed by atoms with Gasteiger partial charge in [-0.05, 0) is 26.0 Å². The smallest absolute Gasteiger partial charge is 0.419 e. The summed E-state index contributed by atoms with van der Waals surface area (Å²) >= 11 is 0. The zero-order valence-corrected chi connectivity index (χ0v) is 12.9. The summed E-state index contributed by atoms with van der Waals surface area (Å²) in [6.07, 6.45) is -4.56. The Labute approximate surface area is 132 Å². The predicted octanol–water partition coefficient (Wildman–Crippen LogP) is 2.07. The van der Waals surface area contributed by atoms with E-state index in [4.69, 9.17) is 4.74 Å². The first kappa shape index (κ1) is 18.8. The minimum absolute atomic E-state index is 0.159. The Bertz CT molecular complexity index is 547. The number of hydrogen-bond donors (Lipinski definition) is 1. The fraction of sp³-hybridized carbons (Fsp3) is 0.467. The maximum Gasteiger partial charge on any atom is 0.419 e. The first-order valence-electron chi connectivity index (χ1n) is 7.13. The van der Waals surface area contributed by atoms with Crippen molar-refractivity contribution in [3.63, 3.8) is 0 Å². The van der Waals surface area contributed by atoms with Crippen molar-refractivity contribution in [2.45, 2.75) is 20.0 Å². The van der Waals surface area contributed by atoms with Gasteiger partial charge in [0.05, 0.1) is 12.1 Å². The SMILES string of the molecule is CCNC(=O)CN(CC)C(=O)COc1ccccc1C(F)(F)F. The normalized spacial score (nSPS) is 11.0. The Morgan fingerprint density at radius 1 is 1.22 bits per heavy atom. The van der Waals surface area contributed by atoms with E-state index in [2.05, 4.69) is 5.32 Å². The molecule has 0 unspecified atom stereocenters. The van der Waals surface area contributed by atoms with Gasteiger partial charge in [-0.2, -0.15) is 13.2 Å². The molecule has 128 valence electrons. The van der Waals surface area contributed by atoms with Gasteiger partial charge >= 0.3 is 6.18 Å². The van der Waals surface area contributed by atoms with E-state index in [-0.39, 0.29) is 19.0 Å². The summed E-state index contributed by atoms with van der Waals surface area (Å²) < 4.78 is 43.5. The van der Waals surface area contributed by atoms with Crippen molar-refractivity contribution < 1.29 is 27.5 Å². The summed E-state index contributed by atoms with van der Waals surface area (Å²) in [5.74, 6) is -1.31. The standard InChI is InChI=1S/C15H19F3N2O3/c1-3-19-13(21)9-20(4-2)14(22)10-23-12-8-6-5-7-11(12)15(16,17)18/h5-8H,3-4,9-10H2,1-2H3,(H,19,21). The highest BCUT2D eigenvalue weighted by Crippen LogP contribution is 2.35.